The Balaban J connectivity index is 1.84. The van der Waals surface area contributed by atoms with E-state index in [1.165, 1.54) is 0 Å². The monoisotopic (exact) mass is 239 g/mol. The molecule has 6 heteroatoms. The van der Waals surface area contributed by atoms with Gasteiger partial charge in [0.05, 0.1) is 12.2 Å². The van der Waals surface area contributed by atoms with Crippen LogP contribution < -0.4 is 5.84 Å². The van der Waals surface area contributed by atoms with Crippen LogP contribution in [0.1, 0.15) is 11.5 Å². The minimum absolute atomic E-state index is 0.820. The number of hydrazine groups is 1. The molecule has 1 saturated heterocycles. The molecule has 1 aromatic rings. The van der Waals surface area contributed by atoms with Gasteiger partial charge >= 0.3 is 0 Å². The molecule has 6 nitrogen and oxygen atoms in total. The van der Waals surface area contributed by atoms with Crippen molar-refractivity contribution in [3.63, 3.8) is 0 Å². The molecule has 0 atom stereocenters. The SMILES string of the molecule is CN(C)Cc1cc(CN2CCN(N)CC2)on1. The Labute approximate surface area is 102 Å². The average Bonchev–Trinajstić information content (AvgIpc) is 2.68. The van der Waals surface area contributed by atoms with Gasteiger partial charge in [-0.15, -0.1) is 0 Å². The number of nitrogens with zero attached hydrogens (tertiary/aromatic N) is 4. The smallest absolute Gasteiger partial charge is 0.151 e. The zero-order valence-corrected chi connectivity index (χ0v) is 10.6. The normalized spacial score (nSPS) is 19.1. The summed E-state index contributed by atoms with van der Waals surface area (Å²) in [5, 5.41) is 5.91. The fraction of sp³-hybridized carbons (Fsp3) is 0.727. The molecule has 0 saturated carbocycles. The van der Waals surface area contributed by atoms with E-state index < -0.39 is 0 Å². The fourth-order valence-corrected chi connectivity index (χ4v) is 1.97. The third-order valence-electron chi connectivity index (χ3n) is 2.87. The Bertz CT molecular complexity index is 343. The van der Waals surface area contributed by atoms with Crippen molar-refractivity contribution in [3.8, 4) is 0 Å². The predicted octanol–water partition coefficient (Wildman–Crippen LogP) is -0.272. The van der Waals surface area contributed by atoms with Gasteiger partial charge in [-0.25, -0.2) is 5.01 Å². The molecule has 0 aliphatic carbocycles. The predicted molar refractivity (Wildman–Crippen MR) is 64.9 cm³/mol. The van der Waals surface area contributed by atoms with Gasteiger partial charge in [-0.2, -0.15) is 0 Å². The number of hydrogen-bond acceptors (Lipinski definition) is 6. The van der Waals surface area contributed by atoms with E-state index in [1.54, 1.807) is 0 Å². The van der Waals surface area contributed by atoms with Crippen LogP contribution in [0.4, 0.5) is 0 Å². The zero-order chi connectivity index (χ0) is 12.3. The Morgan fingerprint density at radius 2 is 2.06 bits per heavy atom. The summed E-state index contributed by atoms with van der Waals surface area (Å²) >= 11 is 0. The van der Waals surface area contributed by atoms with Gasteiger partial charge in [0, 0.05) is 38.8 Å². The van der Waals surface area contributed by atoms with Gasteiger partial charge in [0.25, 0.3) is 0 Å². The summed E-state index contributed by atoms with van der Waals surface area (Å²) in [6.45, 7) is 5.45. The zero-order valence-electron chi connectivity index (χ0n) is 10.6. The third kappa shape index (κ3) is 3.78. The Morgan fingerprint density at radius 1 is 1.35 bits per heavy atom. The molecule has 0 amide bonds. The maximum absolute atomic E-state index is 5.71. The van der Waals surface area contributed by atoms with Crippen LogP contribution in [0.2, 0.25) is 0 Å². The number of rotatable bonds is 4. The molecule has 0 spiro atoms. The maximum atomic E-state index is 5.71. The minimum atomic E-state index is 0.820. The lowest BCUT2D eigenvalue weighted by atomic mass is 10.3. The number of nitrogens with two attached hydrogens (primary N) is 1. The molecule has 2 rings (SSSR count). The summed E-state index contributed by atoms with van der Waals surface area (Å²) in [6.07, 6.45) is 0. The van der Waals surface area contributed by atoms with E-state index in [1.807, 2.05) is 25.2 Å². The molecule has 0 aromatic carbocycles. The van der Waals surface area contributed by atoms with Gasteiger partial charge in [-0.05, 0) is 14.1 Å². The van der Waals surface area contributed by atoms with Gasteiger partial charge in [-0.1, -0.05) is 5.16 Å². The summed E-state index contributed by atoms with van der Waals surface area (Å²) in [5.41, 5.74) is 0.988. The lowest BCUT2D eigenvalue weighted by Crippen LogP contribution is -2.48. The second-order valence-corrected chi connectivity index (χ2v) is 4.83. The Kier molecular flexibility index (Phi) is 4.11. The van der Waals surface area contributed by atoms with Crippen molar-refractivity contribution in [2.24, 2.45) is 5.84 Å². The van der Waals surface area contributed by atoms with Gasteiger partial charge in [0.1, 0.15) is 0 Å². The van der Waals surface area contributed by atoms with E-state index in [-0.39, 0.29) is 0 Å². The highest BCUT2D eigenvalue weighted by molar-refractivity contribution is 5.05. The van der Waals surface area contributed by atoms with Crippen LogP contribution in [-0.2, 0) is 13.1 Å². The molecule has 2 N–H and O–H groups in total. The molecule has 0 radical (unpaired) electrons. The molecule has 0 unspecified atom stereocenters. The van der Waals surface area contributed by atoms with E-state index >= 15 is 0 Å². The summed E-state index contributed by atoms with van der Waals surface area (Å²) in [6, 6.07) is 2.04. The second kappa shape index (κ2) is 5.59. The molecular weight excluding hydrogens is 218 g/mol. The maximum Gasteiger partial charge on any atom is 0.151 e. The van der Waals surface area contributed by atoms with Crippen molar-refractivity contribution in [3.05, 3.63) is 17.5 Å². The first-order chi connectivity index (χ1) is 8.13. The average molecular weight is 239 g/mol. The molecule has 1 aliphatic heterocycles. The first kappa shape index (κ1) is 12.5. The summed E-state index contributed by atoms with van der Waals surface area (Å²) in [7, 11) is 4.05. The standard InChI is InChI=1S/C11H21N5O/c1-14(2)8-10-7-11(17-13-10)9-15-3-5-16(12)6-4-15/h7H,3-6,8-9,12H2,1-2H3. The van der Waals surface area contributed by atoms with Crippen LogP contribution in [0.3, 0.4) is 0 Å². The van der Waals surface area contributed by atoms with Gasteiger partial charge < -0.3 is 9.42 Å². The molecule has 1 aliphatic rings. The van der Waals surface area contributed by atoms with Gasteiger partial charge in [0.15, 0.2) is 5.76 Å². The van der Waals surface area contributed by atoms with E-state index in [9.17, 15) is 0 Å². The molecule has 1 aromatic heterocycles. The highest BCUT2D eigenvalue weighted by Gasteiger charge is 2.16. The van der Waals surface area contributed by atoms with Crippen LogP contribution in [0, 0.1) is 0 Å². The second-order valence-electron chi connectivity index (χ2n) is 4.83. The molecule has 1 fully saturated rings. The van der Waals surface area contributed by atoms with E-state index in [4.69, 9.17) is 10.4 Å². The van der Waals surface area contributed by atoms with E-state index in [0.717, 1.165) is 50.7 Å². The van der Waals surface area contributed by atoms with Gasteiger partial charge in [-0.3, -0.25) is 10.7 Å². The quantitative estimate of drug-likeness (QED) is 0.730. The minimum Gasteiger partial charge on any atom is -0.360 e. The number of hydrogen-bond donors (Lipinski definition) is 1. The highest BCUT2D eigenvalue weighted by Crippen LogP contribution is 2.10. The first-order valence-electron chi connectivity index (χ1n) is 5.94. The van der Waals surface area contributed by atoms with Crippen molar-refractivity contribution in [1.82, 2.24) is 20.0 Å². The van der Waals surface area contributed by atoms with E-state index in [2.05, 4.69) is 15.0 Å². The topological polar surface area (TPSA) is 61.8 Å². The van der Waals surface area contributed by atoms with Crippen molar-refractivity contribution < 1.29 is 4.52 Å². The fourth-order valence-electron chi connectivity index (χ4n) is 1.97. The summed E-state index contributed by atoms with van der Waals surface area (Å²) in [4.78, 5) is 4.41. The van der Waals surface area contributed by atoms with Crippen LogP contribution in [-0.4, -0.2) is 60.2 Å². The Hall–Kier alpha value is -0.950. The van der Waals surface area contributed by atoms with E-state index in [0.29, 0.717) is 0 Å². The summed E-state index contributed by atoms with van der Waals surface area (Å²) < 4.78 is 5.33. The molecule has 96 valence electrons. The Morgan fingerprint density at radius 3 is 2.71 bits per heavy atom. The third-order valence-corrected chi connectivity index (χ3v) is 2.87. The lowest BCUT2D eigenvalue weighted by molar-refractivity contribution is 0.119. The van der Waals surface area contributed by atoms with Crippen LogP contribution >= 0.6 is 0 Å². The van der Waals surface area contributed by atoms with Crippen molar-refractivity contribution in [2.75, 3.05) is 40.3 Å². The van der Waals surface area contributed by atoms with Crippen LogP contribution in [0.15, 0.2) is 10.6 Å². The molecule has 0 bridgehead atoms. The van der Waals surface area contributed by atoms with Crippen LogP contribution in [0.5, 0.6) is 0 Å². The number of aromatic nitrogens is 1. The van der Waals surface area contributed by atoms with Crippen molar-refractivity contribution in [1.29, 1.82) is 0 Å². The van der Waals surface area contributed by atoms with Crippen LogP contribution in [0.25, 0.3) is 0 Å². The largest absolute Gasteiger partial charge is 0.360 e. The molecule has 17 heavy (non-hydrogen) atoms. The molecule has 2 heterocycles. The van der Waals surface area contributed by atoms with Crippen molar-refractivity contribution in [2.45, 2.75) is 13.1 Å². The van der Waals surface area contributed by atoms with Crippen molar-refractivity contribution >= 4 is 0 Å². The molecular formula is C11H21N5O. The van der Waals surface area contributed by atoms with Gasteiger partial charge in [0.2, 0.25) is 0 Å². The number of piperazine rings is 1. The summed E-state index contributed by atoms with van der Waals surface area (Å²) in [5.74, 6) is 6.65. The highest BCUT2D eigenvalue weighted by atomic mass is 16.5. The first-order valence-corrected chi connectivity index (χ1v) is 5.94. The lowest BCUT2D eigenvalue weighted by Gasteiger charge is -2.30.